The molecule has 0 radical (unpaired) electrons. The van der Waals surface area contributed by atoms with Crippen LogP contribution in [0.25, 0.3) is 22.6 Å². The first-order valence-corrected chi connectivity index (χ1v) is 12.3. The van der Waals surface area contributed by atoms with Gasteiger partial charge in [-0.3, -0.25) is 14.8 Å². The number of hydrogen-bond donors (Lipinski definition) is 2. The highest BCUT2D eigenvalue weighted by molar-refractivity contribution is 5.99. The van der Waals surface area contributed by atoms with Gasteiger partial charge in [0.25, 0.3) is 0 Å². The predicted molar refractivity (Wildman–Crippen MR) is 128 cm³/mol. The molecule has 8 nitrogen and oxygen atoms in total. The van der Waals surface area contributed by atoms with Crippen molar-refractivity contribution in [2.75, 3.05) is 38.3 Å². The Balaban J connectivity index is 1.37. The highest BCUT2D eigenvalue weighted by Gasteiger charge is 2.53. The van der Waals surface area contributed by atoms with Crippen LogP contribution < -0.4 is 4.90 Å². The summed E-state index contributed by atoms with van der Waals surface area (Å²) in [5.74, 6) is 0.607. The molecule has 1 aliphatic heterocycles. The Labute approximate surface area is 206 Å². The number of likely N-dealkylation sites (N-methyl/N-ethyl adjacent to an activating group) is 1. The first-order valence-electron chi connectivity index (χ1n) is 12.3. The van der Waals surface area contributed by atoms with Gasteiger partial charge in [-0.1, -0.05) is 6.92 Å². The van der Waals surface area contributed by atoms with E-state index in [-0.39, 0.29) is 22.6 Å². The number of aromatic amines is 2. The molecule has 1 unspecified atom stereocenters. The lowest BCUT2D eigenvalue weighted by atomic mass is 9.88. The number of rotatable bonds is 4. The number of anilines is 1. The third kappa shape index (κ3) is 3.80. The van der Waals surface area contributed by atoms with Crippen LogP contribution in [-0.2, 0) is 28.5 Å². The lowest BCUT2D eigenvalue weighted by Gasteiger charge is -2.33. The largest absolute Gasteiger partial charge is 0.418 e. The van der Waals surface area contributed by atoms with Crippen molar-refractivity contribution in [3.63, 3.8) is 0 Å². The molecule has 0 bridgehead atoms. The molecule has 1 amide bonds. The molecule has 192 valence electrons. The van der Waals surface area contributed by atoms with Gasteiger partial charge in [0.1, 0.15) is 5.69 Å². The van der Waals surface area contributed by atoms with Crippen LogP contribution in [0, 0.1) is 11.3 Å². The molecule has 0 spiro atoms. The van der Waals surface area contributed by atoms with Crippen LogP contribution in [0.4, 0.5) is 18.9 Å². The fraction of sp³-hybridized carbons (Fsp3) is 0.560. The summed E-state index contributed by atoms with van der Waals surface area (Å²) in [4.78, 5) is 23.9. The predicted octanol–water partition coefficient (Wildman–Crippen LogP) is 3.78. The summed E-state index contributed by atoms with van der Waals surface area (Å²) in [6, 6.07) is 2.07. The molecule has 2 N–H and O–H groups in total. The van der Waals surface area contributed by atoms with Gasteiger partial charge < -0.3 is 14.6 Å². The van der Waals surface area contributed by atoms with E-state index in [1.807, 2.05) is 4.90 Å². The van der Waals surface area contributed by atoms with Crippen molar-refractivity contribution < 1.29 is 22.7 Å². The van der Waals surface area contributed by atoms with Crippen LogP contribution in [-0.4, -0.2) is 70.4 Å². The number of imidazole rings is 1. The Hall–Kier alpha value is -2.92. The Bertz CT molecular complexity index is 1340. The number of morpholine rings is 1. The highest BCUT2D eigenvalue weighted by atomic mass is 19.4. The van der Waals surface area contributed by atoms with Crippen LogP contribution in [0.2, 0.25) is 0 Å². The van der Waals surface area contributed by atoms with E-state index in [0.29, 0.717) is 49.2 Å². The molecular weight excluding hydrogens is 473 g/mol. The fourth-order valence-corrected chi connectivity index (χ4v) is 5.81. The van der Waals surface area contributed by atoms with Gasteiger partial charge >= 0.3 is 6.18 Å². The average molecular weight is 503 g/mol. The molecule has 1 saturated heterocycles. The molecular formula is C25H29F3N6O2. The second-order valence-corrected chi connectivity index (χ2v) is 10.7. The van der Waals surface area contributed by atoms with Crippen LogP contribution in [0.1, 0.15) is 37.1 Å². The SMILES string of the molecule is CC(C(=O)N(C)c1cc(C(F)(F)F)c2[nH]c(-c3n[nH]c4c3C[C@@H]3C[C@]3(C)C4)nc2c1)N1CCOCC1. The molecule has 2 aromatic heterocycles. The number of ether oxygens (including phenoxy) is 1. The van der Waals surface area contributed by atoms with E-state index in [0.717, 1.165) is 36.6 Å². The molecule has 6 rings (SSSR count). The number of halogens is 3. The van der Waals surface area contributed by atoms with Crippen LogP contribution in [0.15, 0.2) is 12.1 Å². The molecule has 3 atom stereocenters. The maximum Gasteiger partial charge on any atom is 0.418 e. The molecule has 1 aromatic carbocycles. The topological polar surface area (TPSA) is 90.1 Å². The summed E-state index contributed by atoms with van der Waals surface area (Å²) < 4.78 is 47.8. The van der Waals surface area contributed by atoms with Crippen molar-refractivity contribution >= 4 is 22.6 Å². The summed E-state index contributed by atoms with van der Waals surface area (Å²) >= 11 is 0. The number of amides is 1. The number of nitrogens with zero attached hydrogens (tertiary/aromatic N) is 4. The van der Waals surface area contributed by atoms with Crippen molar-refractivity contribution in [2.45, 2.75) is 45.3 Å². The Kier molecular flexibility index (Phi) is 5.24. The van der Waals surface area contributed by atoms with Crippen molar-refractivity contribution in [1.29, 1.82) is 0 Å². The van der Waals surface area contributed by atoms with E-state index in [2.05, 4.69) is 27.1 Å². The summed E-state index contributed by atoms with van der Waals surface area (Å²) in [6.45, 7) is 6.29. The van der Waals surface area contributed by atoms with Crippen molar-refractivity contribution in [2.24, 2.45) is 11.3 Å². The van der Waals surface area contributed by atoms with Crippen LogP contribution in [0.5, 0.6) is 0 Å². The zero-order valence-corrected chi connectivity index (χ0v) is 20.5. The van der Waals surface area contributed by atoms with Gasteiger partial charge in [-0.15, -0.1) is 0 Å². The molecule has 3 heterocycles. The van der Waals surface area contributed by atoms with Gasteiger partial charge in [0.15, 0.2) is 5.82 Å². The van der Waals surface area contributed by atoms with Crippen molar-refractivity contribution in [3.05, 3.63) is 29.0 Å². The highest BCUT2D eigenvalue weighted by Crippen LogP contribution is 2.59. The Morgan fingerprint density at radius 1 is 1.31 bits per heavy atom. The van der Waals surface area contributed by atoms with Crippen LogP contribution >= 0.6 is 0 Å². The summed E-state index contributed by atoms with van der Waals surface area (Å²) in [6.07, 6.45) is -1.73. The first-order chi connectivity index (χ1) is 17.0. The zero-order chi connectivity index (χ0) is 25.4. The van der Waals surface area contributed by atoms with E-state index >= 15 is 0 Å². The number of nitrogens with one attached hydrogen (secondary N) is 2. The minimum Gasteiger partial charge on any atom is -0.379 e. The number of hydrogen-bond acceptors (Lipinski definition) is 5. The van der Waals surface area contributed by atoms with Crippen molar-refractivity contribution in [3.8, 4) is 11.5 Å². The van der Waals surface area contributed by atoms with E-state index < -0.39 is 17.8 Å². The van der Waals surface area contributed by atoms with Gasteiger partial charge in [-0.2, -0.15) is 18.3 Å². The average Bonchev–Trinajstić information content (AvgIpc) is 3.15. The van der Waals surface area contributed by atoms with E-state index in [1.165, 1.54) is 18.0 Å². The second-order valence-electron chi connectivity index (χ2n) is 10.7. The third-order valence-corrected chi connectivity index (χ3v) is 8.30. The number of carbonyl (C=O) groups is 1. The van der Waals surface area contributed by atoms with Gasteiger partial charge in [0, 0.05) is 37.1 Å². The lowest BCUT2D eigenvalue weighted by molar-refractivity contribution is -0.136. The van der Waals surface area contributed by atoms with Gasteiger partial charge in [0.2, 0.25) is 5.91 Å². The van der Waals surface area contributed by atoms with E-state index in [9.17, 15) is 18.0 Å². The molecule has 11 heteroatoms. The minimum atomic E-state index is -4.63. The quantitative estimate of drug-likeness (QED) is 0.567. The number of alkyl halides is 3. The monoisotopic (exact) mass is 502 g/mol. The molecule has 3 aromatic rings. The van der Waals surface area contributed by atoms with E-state index in [1.54, 1.807) is 6.92 Å². The number of aromatic nitrogens is 4. The maximum absolute atomic E-state index is 14.1. The van der Waals surface area contributed by atoms with Crippen molar-refractivity contribution in [1.82, 2.24) is 25.1 Å². The summed E-state index contributed by atoms with van der Waals surface area (Å²) in [5, 5.41) is 7.51. The lowest BCUT2D eigenvalue weighted by Crippen LogP contribution is -2.50. The van der Waals surface area contributed by atoms with Gasteiger partial charge in [0.05, 0.1) is 35.9 Å². The van der Waals surface area contributed by atoms with Crippen LogP contribution in [0.3, 0.4) is 0 Å². The Morgan fingerprint density at radius 2 is 2.06 bits per heavy atom. The van der Waals surface area contributed by atoms with Gasteiger partial charge in [-0.05, 0) is 49.7 Å². The zero-order valence-electron chi connectivity index (χ0n) is 20.5. The third-order valence-electron chi connectivity index (χ3n) is 8.30. The molecule has 2 fully saturated rings. The summed E-state index contributed by atoms with van der Waals surface area (Å²) in [5.41, 5.74) is 2.30. The Morgan fingerprint density at radius 3 is 2.78 bits per heavy atom. The molecule has 2 aliphatic carbocycles. The first kappa shape index (κ1) is 23.5. The molecule has 3 aliphatic rings. The molecule has 36 heavy (non-hydrogen) atoms. The smallest absolute Gasteiger partial charge is 0.379 e. The minimum absolute atomic E-state index is 0.104. The fourth-order valence-electron chi connectivity index (χ4n) is 5.81. The number of fused-ring (bicyclic) bond motifs is 3. The number of H-pyrrole nitrogens is 2. The number of benzene rings is 1. The van der Waals surface area contributed by atoms with E-state index in [4.69, 9.17) is 4.74 Å². The van der Waals surface area contributed by atoms with Gasteiger partial charge in [-0.25, -0.2) is 4.98 Å². The summed E-state index contributed by atoms with van der Waals surface area (Å²) in [7, 11) is 1.50. The second kappa shape index (κ2) is 8.04. The molecule has 1 saturated carbocycles. The normalized spacial score (nSPS) is 24.9. The standard InChI is InChI=1S/C25H29F3N6O2/c1-13(34-4-6-36-7-5-34)23(35)33(3)15-9-17(25(26,27)28)21-18(10-15)29-22(30-21)20-16-8-14-11-24(14,2)12-19(16)31-32-20/h9-10,13-14H,4-8,11-12H2,1-3H3,(H,29,30)(H,31,32)/t13?,14-,24-/m1/s1. The maximum atomic E-state index is 14.1. The number of carbonyl (C=O) groups excluding carboxylic acids is 1.